The van der Waals surface area contributed by atoms with E-state index in [0.717, 1.165) is 35.1 Å². The molecule has 0 aliphatic carbocycles. The smallest absolute Gasteiger partial charge is 0.0672 e. The molecule has 3 aromatic rings. The van der Waals surface area contributed by atoms with Gasteiger partial charge < -0.3 is 11.1 Å². The number of nitrogens with one attached hydrogen (secondary N) is 2. The number of anilines is 2. The van der Waals surface area contributed by atoms with Gasteiger partial charge >= 0.3 is 0 Å². The van der Waals surface area contributed by atoms with Crippen LogP contribution in [0.5, 0.6) is 0 Å². The summed E-state index contributed by atoms with van der Waals surface area (Å²) in [4.78, 5) is 0. The van der Waals surface area contributed by atoms with E-state index in [9.17, 15) is 0 Å². The van der Waals surface area contributed by atoms with Gasteiger partial charge in [0.05, 0.1) is 23.1 Å². The number of halogens is 2. The number of aromatic amines is 1. The summed E-state index contributed by atoms with van der Waals surface area (Å²) in [6.07, 6.45) is 2.54. The number of fused-ring (bicyclic) bond motifs is 1. The van der Waals surface area contributed by atoms with E-state index < -0.39 is 0 Å². The molecule has 0 atom stereocenters. The number of hydrogen-bond donors (Lipinski definition) is 3. The molecule has 0 unspecified atom stereocenters. The first kappa shape index (κ1) is 14.0. The molecule has 0 fully saturated rings. The first-order chi connectivity index (χ1) is 10.1. The van der Waals surface area contributed by atoms with E-state index in [1.165, 1.54) is 0 Å². The van der Waals surface area contributed by atoms with Gasteiger partial charge in [0, 0.05) is 22.0 Å². The van der Waals surface area contributed by atoms with Crippen molar-refractivity contribution in [3.63, 3.8) is 0 Å². The van der Waals surface area contributed by atoms with Crippen LogP contribution in [-0.4, -0.2) is 16.7 Å². The number of hydrogen-bond acceptors (Lipinski definition) is 3. The Morgan fingerprint density at radius 3 is 2.86 bits per heavy atom. The highest BCUT2D eigenvalue weighted by Gasteiger charge is 2.05. The van der Waals surface area contributed by atoms with Crippen molar-refractivity contribution in [3.8, 4) is 0 Å². The summed E-state index contributed by atoms with van der Waals surface area (Å²) in [6.45, 7) is 0.727. The highest BCUT2D eigenvalue weighted by molar-refractivity contribution is 6.35. The summed E-state index contributed by atoms with van der Waals surface area (Å²) in [6, 6.07) is 9.39. The van der Waals surface area contributed by atoms with Crippen molar-refractivity contribution in [2.75, 3.05) is 17.6 Å². The van der Waals surface area contributed by atoms with Gasteiger partial charge in [-0.1, -0.05) is 29.3 Å². The molecule has 21 heavy (non-hydrogen) atoms. The first-order valence-electron chi connectivity index (χ1n) is 6.54. The SMILES string of the molecule is Nc1cc2cn[nH]c2cc1NCCc1ccc(Cl)cc1Cl. The Balaban J connectivity index is 1.70. The van der Waals surface area contributed by atoms with Gasteiger partial charge in [-0.15, -0.1) is 0 Å². The van der Waals surface area contributed by atoms with Crippen LogP contribution < -0.4 is 11.1 Å². The zero-order chi connectivity index (χ0) is 14.8. The second-order valence-corrected chi connectivity index (χ2v) is 5.65. The lowest BCUT2D eigenvalue weighted by molar-refractivity contribution is 1.02. The van der Waals surface area contributed by atoms with Gasteiger partial charge in [0.2, 0.25) is 0 Å². The van der Waals surface area contributed by atoms with E-state index >= 15 is 0 Å². The van der Waals surface area contributed by atoms with Crippen LogP contribution in [0.15, 0.2) is 36.5 Å². The maximum Gasteiger partial charge on any atom is 0.0672 e. The van der Waals surface area contributed by atoms with E-state index in [4.69, 9.17) is 28.9 Å². The van der Waals surface area contributed by atoms with Crippen LogP contribution in [0.3, 0.4) is 0 Å². The molecular weight excluding hydrogens is 307 g/mol. The van der Waals surface area contributed by atoms with E-state index in [1.807, 2.05) is 24.3 Å². The van der Waals surface area contributed by atoms with Crippen molar-refractivity contribution in [1.29, 1.82) is 0 Å². The number of rotatable bonds is 4. The zero-order valence-electron chi connectivity index (χ0n) is 11.2. The van der Waals surface area contributed by atoms with Gasteiger partial charge in [0.1, 0.15) is 0 Å². The Hall–Kier alpha value is -1.91. The molecule has 3 rings (SSSR count). The van der Waals surface area contributed by atoms with Crippen molar-refractivity contribution in [2.24, 2.45) is 0 Å². The van der Waals surface area contributed by atoms with Gasteiger partial charge in [-0.2, -0.15) is 5.10 Å². The van der Waals surface area contributed by atoms with Crippen molar-refractivity contribution < 1.29 is 0 Å². The van der Waals surface area contributed by atoms with Crippen LogP contribution in [0.2, 0.25) is 10.0 Å². The summed E-state index contributed by atoms with van der Waals surface area (Å²) >= 11 is 12.0. The average molecular weight is 321 g/mol. The Kier molecular flexibility index (Phi) is 3.90. The zero-order valence-corrected chi connectivity index (χ0v) is 12.7. The maximum absolute atomic E-state index is 6.16. The fourth-order valence-corrected chi connectivity index (χ4v) is 2.72. The number of nitrogen functional groups attached to an aromatic ring is 1. The normalized spacial score (nSPS) is 11.0. The molecule has 0 radical (unpaired) electrons. The van der Waals surface area contributed by atoms with Crippen LogP contribution in [0.4, 0.5) is 11.4 Å². The van der Waals surface area contributed by atoms with Crippen molar-refractivity contribution in [1.82, 2.24) is 10.2 Å². The molecule has 0 bridgehead atoms. The van der Waals surface area contributed by atoms with Gasteiger partial charge in [0.25, 0.3) is 0 Å². The molecule has 0 aliphatic heterocycles. The van der Waals surface area contributed by atoms with Crippen molar-refractivity contribution in [3.05, 3.63) is 52.1 Å². The molecule has 0 amide bonds. The number of aromatic nitrogens is 2. The Labute approximate surface area is 132 Å². The fourth-order valence-electron chi connectivity index (χ4n) is 2.22. The topological polar surface area (TPSA) is 66.7 Å². The first-order valence-corrected chi connectivity index (χ1v) is 7.29. The van der Waals surface area contributed by atoms with Gasteiger partial charge in [-0.05, 0) is 36.2 Å². The van der Waals surface area contributed by atoms with E-state index in [-0.39, 0.29) is 0 Å². The van der Waals surface area contributed by atoms with Gasteiger partial charge in [0.15, 0.2) is 0 Å². The van der Waals surface area contributed by atoms with E-state index in [0.29, 0.717) is 15.7 Å². The summed E-state index contributed by atoms with van der Waals surface area (Å²) in [5.41, 5.74) is 9.62. The van der Waals surface area contributed by atoms with Crippen molar-refractivity contribution in [2.45, 2.75) is 6.42 Å². The third kappa shape index (κ3) is 3.06. The van der Waals surface area contributed by atoms with Gasteiger partial charge in [-0.3, -0.25) is 5.10 Å². The molecule has 2 aromatic carbocycles. The average Bonchev–Trinajstić information content (AvgIpc) is 2.88. The molecule has 1 aromatic heterocycles. The lowest BCUT2D eigenvalue weighted by Crippen LogP contribution is -2.07. The predicted octanol–water partition coefficient (Wildman–Crippen LogP) is 4.11. The second kappa shape index (κ2) is 5.84. The monoisotopic (exact) mass is 320 g/mol. The third-order valence-electron chi connectivity index (χ3n) is 3.34. The lowest BCUT2D eigenvalue weighted by atomic mass is 10.1. The standard InChI is InChI=1S/C15H14Cl2N4/c16-11-2-1-9(12(17)6-11)3-4-19-15-7-14-10(5-13(15)18)8-20-21-14/h1-2,5-8,19H,3-4,18H2,(H,20,21). The van der Waals surface area contributed by atoms with Crippen LogP contribution in [-0.2, 0) is 6.42 Å². The lowest BCUT2D eigenvalue weighted by Gasteiger charge is -2.10. The molecule has 4 N–H and O–H groups in total. The predicted molar refractivity (Wildman–Crippen MR) is 89.2 cm³/mol. The number of nitrogens with two attached hydrogens (primary N) is 1. The maximum atomic E-state index is 6.16. The second-order valence-electron chi connectivity index (χ2n) is 4.81. The Bertz CT molecular complexity index is 782. The summed E-state index contributed by atoms with van der Waals surface area (Å²) in [7, 11) is 0. The number of nitrogens with zero attached hydrogens (tertiary/aromatic N) is 1. The molecule has 0 aliphatic rings. The highest BCUT2D eigenvalue weighted by Crippen LogP contribution is 2.25. The fraction of sp³-hybridized carbons (Fsp3) is 0.133. The molecule has 0 saturated heterocycles. The molecule has 6 heteroatoms. The summed E-state index contributed by atoms with van der Waals surface area (Å²) < 4.78 is 0. The van der Waals surface area contributed by atoms with Crippen LogP contribution in [0.25, 0.3) is 10.9 Å². The molecule has 1 heterocycles. The largest absolute Gasteiger partial charge is 0.397 e. The molecule has 4 nitrogen and oxygen atoms in total. The minimum atomic E-state index is 0.644. The van der Waals surface area contributed by atoms with Gasteiger partial charge in [-0.25, -0.2) is 0 Å². The molecule has 0 spiro atoms. The highest BCUT2D eigenvalue weighted by atomic mass is 35.5. The van der Waals surface area contributed by atoms with E-state index in [1.54, 1.807) is 12.3 Å². The molecular formula is C15H14Cl2N4. The Morgan fingerprint density at radius 1 is 1.19 bits per heavy atom. The minimum absolute atomic E-state index is 0.644. The molecule has 108 valence electrons. The Morgan fingerprint density at radius 2 is 2.05 bits per heavy atom. The third-order valence-corrected chi connectivity index (χ3v) is 3.92. The summed E-state index contributed by atoms with van der Waals surface area (Å²) in [5, 5.41) is 12.6. The van der Waals surface area contributed by atoms with E-state index in [2.05, 4.69) is 15.5 Å². The number of H-pyrrole nitrogens is 1. The quantitative estimate of drug-likeness (QED) is 0.634. The summed E-state index contributed by atoms with van der Waals surface area (Å²) in [5.74, 6) is 0. The molecule has 0 saturated carbocycles. The minimum Gasteiger partial charge on any atom is -0.397 e. The van der Waals surface area contributed by atoms with Crippen LogP contribution in [0.1, 0.15) is 5.56 Å². The van der Waals surface area contributed by atoms with Crippen molar-refractivity contribution >= 4 is 45.5 Å². The van der Waals surface area contributed by atoms with Crippen LogP contribution >= 0.6 is 23.2 Å². The van der Waals surface area contributed by atoms with Crippen LogP contribution in [0, 0.1) is 0 Å². The number of benzene rings is 2.